The van der Waals surface area contributed by atoms with Crippen molar-refractivity contribution in [3.63, 3.8) is 0 Å². The number of carboxylic acids is 1. The fourth-order valence-electron chi connectivity index (χ4n) is 15.7. The van der Waals surface area contributed by atoms with Crippen molar-refractivity contribution in [1.29, 1.82) is 0 Å². The zero-order valence-corrected chi connectivity index (χ0v) is 41.3. The van der Waals surface area contributed by atoms with Gasteiger partial charge in [-0.05, 0) is 162 Å². The van der Waals surface area contributed by atoms with Gasteiger partial charge in [0.25, 0.3) is 0 Å². The summed E-state index contributed by atoms with van der Waals surface area (Å²) < 4.78 is 6.20. The first kappa shape index (κ1) is 50.9. The molecule has 7 N–H and O–H groups in total. The van der Waals surface area contributed by atoms with Gasteiger partial charge in [-0.15, -0.1) is 0 Å². The molecule has 0 radical (unpaired) electrons. The van der Waals surface area contributed by atoms with Crippen LogP contribution in [-0.4, -0.2) is 99.7 Å². The quantitative estimate of drug-likeness (QED) is 0.0907. The molecule has 4 unspecified atom stereocenters. The van der Waals surface area contributed by atoms with E-state index in [0.29, 0.717) is 29.6 Å². The number of aliphatic hydroxyl groups is 3. The highest BCUT2D eigenvalue weighted by molar-refractivity contribution is 5.86. The Hall–Kier alpha value is -2.54. The Labute approximate surface area is 384 Å². The number of hydrogen-bond donors (Lipinski definition) is 6. The van der Waals surface area contributed by atoms with E-state index in [0.717, 1.165) is 96.6 Å². The van der Waals surface area contributed by atoms with Crippen molar-refractivity contribution in [1.82, 2.24) is 10.2 Å². The number of likely N-dealkylation sites (tertiary alicyclic amines) is 1. The number of nitrogens with one attached hydrogen (secondary N) is 1. The Kier molecular flexibility index (Phi) is 14.2. The first-order valence-corrected chi connectivity index (χ1v) is 25.0. The first-order valence-electron chi connectivity index (χ1n) is 25.0. The number of carbonyl (C=O) groups excluding carboxylic acids is 3. The molecule has 6 aliphatic carbocycles. The van der Waals surface area contributed by atoms with Crippen LogP contribution in [0.5, 0.6) is 0 Å². The predicted molar refractivity (Wildman–Crippen MR) is 247 cm³/mol. The van der Waals surface area contributed by atoms with E-state index in [-0.39, 0.29) is 63.4 Å². The molecule has 6 saturated carbocycles. The van der Waals surface area contributed by atoms with Gasteiger partial charge in [0.05, 0.1) is 42.6 Å². The van der Waals surface area contributed by atoms with E-state index in [9.17, 15) is 19.5 Å². The summed E-state index contributed by atoms with van der Waals surface area (Å²) in [5.74, 6) is 1.12. The summed E-state index contributed by atoms with van der Waals surface area (Å²) in [5.41, 5.74) is 3.45. The highest BCUT2D eigenvalue weighted by atomic mass is 16.5. The second-order valence-corrected chi connectivity index (χ2v) is 24.9. The van der Waals surface area contributed by atoms with Crippen LogP contribution in [0.1, 0.15) is 166 Å². The van der Waals surface area contributed by atoms with Crippen LogP contribution in [0.2, 0.25) is 0 Å². The maximum atomic E-state index is 15.0. The lowest BCUT2D eigenvalue weighted by atomic mass is 9.32. The van der Waals surface area contributed by atoms with Crippen LogP contribution in [-0.2, 0) is 23.9 Å². The molecule has 364 valence electrons. The van der Waals surface area contributed by atoms with E-state index in [1.165, 1.54) is 12.0 Å². The highest BCUT2D eigenvalue weighted by Gasteiger charge is 2.72. The van der Waals surface area contributed by atoms with Gasteiger partial charge in [-0.25, -0.2) is 0 Å². The number of hydrogen-bond acceptors (Lipinski definition) is 9. The molecule has 12 heteroatoms. The molecule has 0 aromatic heterocycles. The number of ether oxygens (including phenoxy) is 1. The lowest BCUT2D eigenvalue weighted by Gasteiger charge is -2.73. The van der Waals surface area contributed by atoms with Crippen LogP contribution in [0.15, 0.2) is 12.2 Å². The van der Waals surface area contributed by atoms with Crippen LogP contribution in [0.3, 0.4) is 0 Å². The number of rotatable bonds is 11. The van der Waals surface area contributed by atoms with Crippen molar-refractivity contribution in [3.05, 3.63) is 12.2 Å². The maximum Gasteiger partial charge on any atom is 0.309 e. The van der Waals surface area contributed by atoms with Gasteiger partial charge in [0.15, 0.2) is 0 Å². The van der Waals surface area contributed by atoms with Gasteiger partial charge in [0.1, 0.15) is 6.10 Å². The van der Waals surface area contributed by atoms with Crippen LogP contribution in [0.4, 0.5) is 0 Å². The summed E-state index contributed by atoms with van der Waals surface area (Å²) in [4.78, 5) is 55.6. The molecule has 0 aromatic rings. The third kappa shape index (κ3) is 8.30. The minimum absolute atomic E-state index is 0.0193. The Morgan fingerprint density at radius 1 is 0.781 bits per heavy atom. The number of amides is 2. The molecular formula is C52H87N3O9. The van der Waals surface area contributed by atoms with Crippen molar-refractivity contribution in [2.45, 2.75) is 183 Å². The van der Waals surface area contributed by atoms with Crippen molar-refractivity contribution >= 4 is 23.8 Å². The molecule has 1 aliphatic heterocycles. The molecule has 12 atom stereocenters. The monoisotopic (exact) mass is 898 g/mol. The average Bonchev–Trinajstić information content (AvgIpc) is 3.65. The van der Waals surface area contributed by atoms with Gasteiger partial charge in [-0.1, -0.05) is 60.6 Å². The number of aliphatic carboxylic acids is 1. The molecule has 7 aliphatic rings. The van der Waals surface area contributed by atoms with Gasteiger partial charge >= 0.3 is 11.9 Å². The maximum absolute atomic E-state index is 15.0. The second-order valence-electron chi connectivity index (χ2n) is 24.9. The van der Waals surface area contributed by atoms with E-state index in [2.05, 4.69) is 72.2 Å². The van der Waals surface area contributed by atoms with E-state index in [1.54, 1.807) is 13.8 Å². The Balaban J connectivity index is 0.000000776. The highest BCUT2D eigenvalue weighted by Crippen LogP contribution is 2.77. The minimum Gasteiger partial charge on any atom is -0.481 e. The van der Waals surface area contributed by atoms with Crippen molar-refractivity contribution in [3.8, 4) is 0 Å². The smallest absolute Gasteiger partial charge is 0.309 e. The van der Waals surface area contributed by atoms with Crippen molar-refractivity contribution < 1.29 is 44.3 Å². The molecule has 7 rings (SSSR count). The molecule has 2 amide bonds. The molecule has 12 nitrogen and oxygen atoms in total. The molecule has 1 saturated heterocycles. The number of piperidine rings is 1. The third-order valence-electron chi connectivity index (χ3n) is 20.4. The SMILES string of the molecule is C=C(C)[C@@H]1CC[C@]2(C(=O)N[C@@H]3C[C@H](C(=O)N4CCCCC4)C3(C)C)CC[C@]3(C)C(CCC4[C@@]5(C)CC[C@H](OC(=O)CC(C)(C)C(=O)O)C(C)(C)C5CC[C@]43C)C12.NC(CO)(CO)CO. The van der Waals surface area contributed by atoms with Crippen LogP contribution >= 0.6 is 0 Å². The lowest BCUT2D eigenvalue weighted by molar-refractivity contribution is -0.249. The fourth-order valence-corrected chi connectivity index (χ4v) is 15.7. The molecule has 0 bridgehead atoms. The van der Waals surface area contributed by atoms with E-state index in [1.807, 2.05) is 0 Å². The number of fused-ring (bicyclic) bond motifs is 7. The topological polar surface area (TPSA) is 200 Å². The third-order valence-corrected chi connectivity index (χ3v) is 20.4. The van der Waals surface area contributed by atoms with Crippen LogP contribution in [0.25, 0.3) is 0 Å². The van der Waals surface area contributed by atoms with Crippen molar-refractivity contribution in [2.24, 2.45) is 79.1 Å². The number of nitrogens with two attached hydrogens (primary N) is 1. The molecule has 1 heterocycles. The normalized spacial score (nSPS) is 39.8. The number of esters is 1. The summed E-state index contributed by atoms with van der Waals surface area (Å²) in [6, 6.07) is 0.0193. The number of aliphatic hydroxyl groups excluding tert-OH is 3. The van der Waals surface area contributed by atoms with E-state index >= 15 is 4.79 Å². The molecule has 0 aromatic carbocycles. The van der Waals surface area contributed by atoms with Crippen molar-refractivity contribution in [2.75, 3.05) is 32.9 Å². The average molecular weight is 898 g/mol. The number of carbonyl (C=O) groups is 4. The van der Waals surface area contributed by atoms with E-state index in [4.69, 9.17) is 25.8 Å². The van der Waals surface area contributed by atoms with Crippen LogP contribution in [0, 0.1) is 73.4 Å². The minimum atomic E-state index is -1.21. The van der Waals surface area contributed by atoms with Gasteiger partial charge in [0.2, 0.25) is 11.8 Å². The zero-order chi connectivity index (χ0) is 47.6. The Morgan fingerprint density at radius 2 is 1.41 bits per heavy atom. The second kappa shape index (κ2) is 17.8. The Morgan fingerprint density at radius 3 is 1.95 bits per heavy atom. The van der Waals surface area contributed by atoms with Gasteiger partial charge in [-0.2, -0.15) is 0 Å². The molecule has 0 spiro atoms. The Bertz CT molecular complexity index is 1780. The summed E-state index contributed by atoms with van der Waals surface area (Å²) in [5, 5.41) is 38.3. The molecular weight excluding hydrogens is 811 g/mol. The van der Waals surface area contributed by atoms with Gasteiger partial charge in [-0.3, -0.25) is 19.2 Å². The van der Waals surface area contributed by atoms with E-state index < -0.39 is 48.1 Å². The lowest BCUT2D eigenvalue weighted by Crippen LogP contribution is -2.68. The summed E-state index contributed by atoms with van der Waals surface area (Å²) in [6.45, 7) is 27.2. The van der Waals surface area contributed by atoms with Crippen LogP contribution < -0.4 is 11.1 Å². The largest absolute Gasteiger partial charge is 0.481 e. The number of carboxylic acid groups (broad SMARTS) is 1. The van der Waals surface area contributed by atoms with Gasteiger partial charge in [0, 0.05) is 30.5 Å². The predicted octanol–water partition coefficient (Wildman–Crippen LogP) is 7.26. The molecule has 64 heavy (non-hydrogen) atoms. The number of allylic oxidation sites excluding steroid dienone is 1. The fraction of sp³-hybridized carbons (Fsp3) is 0.885. The standard InChI is InChI=1S/C48H76N2O6.C4H11NO3/c1-29(2)30-17-22-48(40(53)49-35-27-32(43(35,5)6)39(52)50-25-13-12-14-26-50)24-23-46(10)31(38(30)48)15-16-34-45(9)20-19-36(56-37(51)28-42(3,4)41(54)55)44(7,8)33(45)18-21-47(34,46)11;5-4(1-6,2-7)3-8/h30-36,38H,1,12-28H2,2-11H3,(H,49,53)(H,54,55);6-8H,1-3,5H2/t30-,31?,32+,33?,34?,35+,36-,38?,45-,46+,47+,48-;/m0./s1. The summed E-state index contributed by atoms with van der Waals surface area (Å²) in [6.07, 6.45) is 14.0. The molecule has 7 fully saturated rings. The summed E-state index contributed by atoms with van der Waals surface area (Å²) in [7, 11) is 0. The number of nitrogens with zero attached hydrogens (tertiary/aromatic N) is 1. The van der Waals surface area contributed by atoms with Gasteiger partial charge < -0.3 is 41.1 Å². The first-order chi connectivity index (χ1) is 29.7. The summed E-state index contributed by atoms with van der Waals surface area (Å²) >= 11 is 0. The zero-order valence-electron chi connectivity index (χ0n) is 41.3.